The van der Waals surface area contributed by atoms with E-state index in [0.717, 1.165) is 46.2 Å². The van der Waals surface area contributed by atoms with Crippen molar-refractivity contribution in [1.82, 2.24) is 9.47 Å². The number of nitrogens with zero attached hydrogens (tertiary/aromatic N) is 3. The first-order valence-electron chi connectivity index (χ1n) is 13.2. The van der Waals surface area contributed by atoms with Crippen LogP contribution >= 0.6 is 23.1 Å². The molecule has 0 spiro atoms. The van der Waals surface area contributed by atoms with E-state index in [1.165, 1.54) is 35.9 Å². The van der Waals surface area contributed by atoms with Crippen molar-refractivity contribution in [2.24, 2.45) is 5.92 Å². The van der Waals surface area contributed by atoms with E-state index in [1.54, 1.807) is 4.90 Å². The Hall–Kier alpha value is -3.82. The number of halogens is 3. The third-order valence-electron chi connectivity index (χ3n) is 7.70. The summed E-state index contributed by atoms with van der Waals surface area (Å²) in [6.45, 7) is 1.18. The molecule has 1 aromatic heterocycles. The summed E-state index contributed by atoms with van der Waals surface area (Å²) in [5.74, 6) is -3.82. The number of imide groups is 1. The first kappa shape index (κ1) is 29.3. The molecule has 15 heteroatoms. The number of hydrogen-bond acceptors (Lipinski definition) is 9. The van der Waals surface area contributed by atoms with Gasteiger partial charge in [0, 0.05) is 23.9 Å². The van der Waals surface area contributed by atoms with Gasteiger partial charge in [0.25, 0.3) is 0 Å². The Kier molecular flexibility index (Phi) is 7.50. The Balaban J connectivity index is 1.45. The van der Waals surface area contributed by atoms with Crippen molar-refractivity contribution in [1.29, 1.82) is 0 Å². The molecular formula is C28H24F3N3O7S2. The number of thiazole rings is 1. The number of aromatic nitrogens is 1. The molecule has 0 bridgehead atoms. The molecule has 6 rings (SSSR count). The number of rotatable bonds is 5. The van der Waals surface area contributed by atoms with Crippen molar-refractivity contribution in [2.75, 3.05) is 38.3 Å². The van der Waals surface area contributed by atoms with Crippen LogP contribution in [-0.4, -0.2) is 71.0 Å². The number of ether oxygens (including phenoxy) is 2. The highest BCUT2D eigenvalue weighted by atomic mass is 32.2. The number of morpholine rings is 1. The Morgan fingerprint density at radius 3 is 2.53 bits per heavy atom. The molecule has 2 saturated heterocycles. The average Bonchev–Trinajstić information content (AvgIpc) is 3.43. The molecule has 3 amide bonds. The van der Waals surface area contributed by atoms with Crippen LogP contribution in [0, 0.1) is 5.92 Å². The highest BCUT2D eigenvalue weighted by Crippen LogP contribution is 2.54. The quantitative estimate of drug-likeness (QED) is 0.425. The first-order chi connectivity index (χ1) is 20.5. The highest BCUT2D eigenvalue weighted by molar-refractivity contribution is 8.00. The molecule has 43 heavy (non-hydrogen) atoms. The minimum absolute atomic E-state index is 0.0922. The number of amides is 3. The lowest BCUT2D eigenvalue weighted by atomic mass is 9.83. The van der Waals surface area contributed by atoms with Crippen LogP contribution in [0.5, 0.6) is 11.5 Å². The Labute approximate surface area is 250 Å². The molecule has 226 valence electrons. The molecule has 0 aliphatic carbocycles. The van der Waals surface area contributed by atoms with Crippen molar-refractivity contribution in [3.63, 3.8) is 0 Å². The van der Waals surface area contributed by atoms with Gasteiger partial charge in [0.05, 0.1) is 42.5 Å². The van der Waals surface area contributed by atoms with Gasteiger partial charge < -0.3 is 19.5 Å². The van der Waals surface area contributed by atoms with Crippen molar-refractivity contribution in [3.8, 4) is 11.5 Å². The largest absolute Gasteiger partial charge is 0.504 e. The van der Waals surface area contributed by atoms with E-state index in [9.17, 15) is 37.5 Å². The lowest BCUT2D eigenvalue weighted by Gasteiger charge is -2.31. The van der Waals surface area contributed by atoms with Crippen LogP contribution in [-0.2, 0) is 31.8 Å². The summed E-state index contributed by atoms with van der Waals surface area (Å²) in [5.41, 5.74) is -0.779. The fourth-order valence-corrected chi connectivity index (χ4v) is 8.40. The van der Waals surface area contributed by atoms with Gasteiger partial charge in [0.15, 0.2) is 11.5 Å². The second-order valence-corrected chi connectivity index (χ2v) is 12.3. The molecule has 3 atom stereocenters. The molecule has 2 fully saturated rings. The number of thioether (sulfide) groups is 1. The fourth-order valence-electron chi connectivity index (χ4n) is 5.63. The number of hydrogen-bond donors (Lipinski definition) is 1. The number of benzene rings is 2. The predicted octanol–water partition coefficient (Wildman–Crippen LogP) is 3.30. The van der Waals surface area contributed by atoms with Gasteiger partial charge in [-0.2, -0.15) is 13.2 Å². The van der Waals surface area contributed by atoms with Crippen molar-refractivity contribution in [2.45, 2.75) is 28.9 Å². The van der Waals surface area contributed by atoms with Crippen molar-refractivity contribution >= 4 is 46.5 Å². The average molecular weight is 636 g/mol. The minimum Gasteiger partial charge on any atom is -0.504 e. The zero-order valence-corrected chi connectivity index (χ0v) is 24.1. The molecule has 3 aromatic rings. The van der Waals surface area contributed by atoms with E-state index in [4.69, 9.17) is 9.47 Å². The van der Waals surface area contributed by atoms with E-state index in [-0.39, 0.29) is 29.6 Å². The van der Waals surface area contributed by atoms with Gasteiger partial charge in [-0.1, -0.05) is 35.2 Å². The predicted molar refractivity (Wildman–Crippen MR) is 150 cm³/mol. The summed E-state index contributed by atoms with van der Waals surface area (Å²) in [5, 5.41) is 9.45. The number of alkyl halides is 3. The van der Waals surface area contributed by atoms with Crippen LogP contribution < -0.4 is 14.5 Å². The van der Waals surface area contributed by atoms with Crippen molar-refractivity contribution < 1.29 is 42.1 Å². The zero-order valence-electron chi connectivity index (χ0n) is 22.5. The standard InChI is InChI=1S/C28H24F3N3O7S2/c1-40-18-11-14(5-6-17(18)35)20-21-22(25(38)34(24(21)37)16-4-2-3-15(12-16)28(29,30)31)42-26-23(20)43-27(39)33(26)13-19(36)32-7-9-41-10-8-32/h2-6,11-12,20-22,35H,7-10,13H2,1H3. The molecular weight excluding hydrogens is 611 g/mol. The van der Waals surface area contributed by atoms with Crippen LogP contribution in [0.2, 0.25) is 0 Å². The van der Waals surface area contributed by atoms with Gasteiger partial charge in [0.2, 0.25) is 17.7 Å². The third kappa shape index (κ3) is 5.08. The van der Waals surface area contributed by atoms with E-state index in [0.29, 0.717) is 41.8 Å². The third-order valence-corrected chi connectivity index (χ3v) is 10.3. The zero-order chi connectivity index (χ0) is 30.6. The van der Waals surface area contributed by atoms with Gasteiger partial charge in [0.1, 0.15) is 11.8 Å². The minimum atomic E-state index is -4.69. The highest BCUT2D eigenvalue weighted by Gasteiger charge is 2.57. The Morgan fingerprint density at radius 1 is 1.09 bits per heavy atom. The molecule has 3 aliphatic heterocycles. The summed E-state index contributed by atoms with van der Waals surface area (Å²) in [7, 11) is 1.34. The molecule has 1 N–H and O–H groups in total. The molecule has 0 saturated carbocycles. The van der Waals surface area contributed by atoms with E-state index in [2.05, 4.69) is 0 Å². The topological polar surface area (TPSA) is 118 Å². The molecule has 2 aromatic carbocycles. The van der Waals surface area contributed by atoms with Crippen molar-refractivity contribution in [3.05, 3.63) is 68.1 Å². The number of phenolic OH excluding ortho intramolecular Hbond substituents is 1. The van der Waals surface area contributed by atoms with Crippen LogP contribution in [0.3, 0.4) is 0 Å². The smallest absolute Gasteiger partial charge is 0.416 e. The fraction of sp³-hybridized carbons (Fsp3) is 0.357. The van der Waals surface area contributed by atoms with Crippen LogP contribution in [0.1, 0.15) is 21.9 Å². The van der Waals surface area contributed by atoms with E-state index < -0.39 is 45.5 Å². The maximum atomic E-state index is 14.0. The number of carbonyl (C=O) groups is 3. The Bertz CT molecular complexity index is 1680. The summed E-state index contributed by atoms with van der Waals surface area (Å²) >= 11 is 1.80. The monoisotopic (exact) mass is 635 g/mol. The van der Waals surface area contributed by atoms with Crippen LogP contribution in [0.15, 0.2) is 52.3 Å². The molecule has 10 nitrogen and oxygen atoms in total. The van der Waals surface area contributed by atoms with Gasteiger partial charge in [-0.25, -0.2) is 4.90 Å². The number of anilines is 1. The van der Waals surface area contributed by atoms with E-state index in [1.807, 2.05) is 0 Å². The summed E-state index contributed by atoms with van der Waals surface area (Å²) in [4.78, 5) is 56.5. The maximum absolute atomic E-state index is 14.0. The van der Waals surface area contributed by atoms with Gasteiger partial charge in [-0.3, -0.25) is 23.7 Å². The SMILES string of the molecule is COc1cc(C2c3sc(=O)n(CC(=O)N4CCOCC4)c3SC3C(=O)N(c4cccc(C(F)(F)F)c4)C(=O)C32)ccc1O. The van der Waals surface area contributed by atoms with E-state index >= 15 is 0 Å². The maximum Gasteiger partial charge on any atom is 0.416 e. The van der Waals surface area contributed by atoms with Crippen LogP contribution in [0.4, 0.5) is 18.9 Å². The molecule has 3 aliphatic rings. The molecule has 4 heterocycles. The van der Waals surface area contributed by atoms with Gasteiger partial charge in [-0.15, -0.1) is 0 Å². The number of phenols is 1. The molecule has 3 unspecified atom stereocenters. The summed E-state index contributed by atoms with van der Waals surface area (Å²) in [6.07, 6.45) is -4.69. The lowest BCUT2D eigenvalue weighted by Crippen LogP contribution is -2.43. The number of aromatic hydroxyl groups is 1. The number of carbonyl (C=O) groups excluding carboxylic acids is 3. The van der Waals surface area contributed by atoms with Crippen LogP contribution in [0.25, 0.3) is 0 Å². The summed E-state index contributed by atoms with van der Waals surface area (Å²) in [6, 6.07) is 8.39. The Morgan fingerprint density at radius 2 is 1.84 bits per heavy atom. The second-order valence-electron chi connectivity index (χ2n) is 10.1. The number of fused-ring (bicyclic) bond motifs is 2. The van der Waals surface area contributed by atoms with Gasteiger partial charge >= 0.3 is 11.0 Å². The number of methoxy groups -OCH3 is 1. The molecule has 0 radical (unpaired) electrons. The summed E-state index contributed by atoms with van der Waals surface area (Å²) < 4.78 is 52.3. The first-order valence-corrected chi connectivity index (χ1v) is 14.9. The second kappa shape index (κ2) is 11.0. The lowest BCUT2D eigenvalue weighted by molar-refractivity contribution is -0.138. The van der Waals surface area contributed by atoms with Gasteiger partial charge in [-0.05, 0) is 35.9 Å². The normalized spacial score (nSPS) is 22.0.